The molecule has 2 aromatic rings. The standard InChI is InChI=1S/C14H18ClN3S/c1-10-14(19-9-17-10)8-18(3)13-6-12(15)5-4-11(13)7-16-2/h4-6,9,16H,7-8H2,1-3H3. The van der Waals surface area contributed by atoms with Gasteiger partial charge in [-0.05, 0) is 31.7 Å². The Bertz CT molecular complexity index is 553. The Morgan fingerprint density at radius 3 is 2.84 bits per heavy atom. The number of aryl methyl sites for hydroxylation is 1. The number of nitrogens with zero attached hydrogens (tertiary/aromatic N) is 2. The molecule has 1 heterocycles. The minimum atomic E-state index is 0.766. The summed E-state index contributed by atoms with van der Waals surface area (Å²) in [4.78, 5) is 7.80. The molecule has 1 aromatic carbocycles. The third kappa shape index (κ3) is 3.47. The molecule has 5 heteroatoms. The van der Waals surface area contributed by atoms with Gasteiger partial charge >= 0.3 is 0 Å². The van der Waals surface area contributed by atoms with Crippen molar-refractivity contribution in [2.75, 3.05) is 19.0 Å². The van der Waals surface area contributed by atoms with Crippen molar-refractivity contribution in [2.24, 2.45) is 0 Å². The Kier molecular flexibility index (Phi) is 4.80. The molecule has 0 saturated carbocycles. The van der Waals surface area contributed by atoms with E-state index in [1.54, 1.807) is 11.3 Å². The number of hydrogen-bond donors (Lipinski definition) is 1. The van der Waals surface area contributed by atoms with Gasteiger partial charge in [0.25, 0.3) is 0 Å². The topological polar surface area (TPSA) is 28.2 Å². The van der Waals surface area contributed by atoms with Gasteiger partial charge in [0.1, 0.15) is 0 Å². The molecule has 1 N–H and O–H groups in total. The van der Waals surface area contributed by atoms with Crippen molar-refractivity contribution in [3.63, 3.8) is 0 Å². The van der Waals surface area contributed by atoms with Crippen molar-refractivity contribution in [1.82, 2.24) is 10.3 Å². The lowest BCUT2D eigenvalue weighted by atomic mass is 10.1. The van der Waals surface area contributed by atoms with E-state index in [1.165, 1.54) is 10.4 Å². The van der Waals surface area contributed by atoms with E-state index in [4.69, 9.17) is 11.6 Å². The lowest BCUT2D eigenvalue weighted by Gasteiger charge is -2.22. The zero-order chi connectivity index (χ0) is 13.8. The first-order valence-corrected chi connectivity index (χ1v) is 7.40. The summed E-state index contributed by atoms with van der Waals surface area (Å²) >= 11 is 7.81. The van der Waals surface area contributed by atoms with E-state index in [9.17, 15) is 0 Å². The molecule has 0 radical (unpaired) electrons. The summed E-state index contributed by atoms with van der Waals surface area (Å²) in [5.41, 5.74) is 5.41. The van der Waals surface area contributed by atoms with Crippen LogP contribution in [0, 0.1) is 6.92 Å². The summed E-state index contributed by atoms with van der Waals surface area (Å²) in [6.45, 7) is 3.73. The quantitative estimate of drug-likeness (QED) is 0.915. The van der Waals surface area contributed by atoms with E-state index in [-0.39, 0.29) is 0 Å². The first-order valence-electron chi connectivity index (χ1n) is 6.15. The number of benzene rings is 1. The second-order valence-electron chi connectivity index (χ2n) is 4.52. The Balaban J connectivity index is 2.24. The van der Waals surface area contributed by atoms with Crippen molar-refractivity contribution >= 4 is 28.6 Å². The molecule has 0 aliphatic heterocycles. The Labute approximate surface area is 123 Å². The van der Waals surface area contributed by atoms with Crippen LogP contribution >= 0.6 is 22.9 Å². The van der Waals surface area contributed by atoms with Crippen LogP contribution in [0.15, 0.2) is 23.7 Å². The maximum absolute atomic E-state index is 6.12. The van der Waals surface area contributed by atoms with E-state index >= 15 is 0 Å². The van der Waals surface area contributed by atoms with Gasteiger partial charge in [0.2, 0.25) is 0 Å². The van der Waals surface area contributed by atoms with Gasteiger partial charge < -0.3 is 10.2 Å². The first-order chi connectivity index (χ1) is 9.11. The van der Waals surface area contributed by atoms with Crippen LogP contribution in [0.1, 0.15) is 16.1 Å². The molecule has 1 aromatic heterocycles. The molecule has 0 bridgehead atoms. The Morgan fingerprint density at radius 2 is 2.21 bits per heavy atom. The number of hydrogen-bond acceptors (Lipinski definition) is 4. The zero-order valence-corrected chi connectivity index (χ0v) is 13.0. The summed E-state index contributed by atoms with van der Waals surface area (Å²) in [6.07, 6.45) is 0. The highest BCUT2D eigenvalue weighted by Gasteiger charge is 2.11. The molecular formula is C14H18ClN3S. The van der Waals surface area contributed by atoms with Gasteiger partial charge in [0, 0.05) is 29.2 Å². The molecular weight excluding hydrogens is 278 g/mol. The summed E-state index contributed by atoms with van der Waals surface area (Å²) in [6, 6.07) is 6.03. The normalized spacial score (nSPS) is 10.7. The van der Waals surface area contributed by atoms with Crippen LogP contribution in [0.5, 0.6) is 0 Å². The van der Waals surface area contributed by atoms with Crippen LogP contribution in [0.2, 0.25) is 5.02 Å². The van der Waals surface area contributed by atoms with Gasteiger partial charge in [0.15, 0.2) is 0 Å². The third-order valence-electron chi connectivity index (χ3n) is 3.05. The predicted octanol–water partition coefficient (Wildman–Crippen LogP) is 3.46. The van der Waals surface area contributed by atoms with E-state index in [0.29, 0.717) is 0 Å². The average molecular weight is 296 g/mol. The number of thiazole rings is 1. The fourth-order valence-corrected chi connectivity index (χ4v) is 3.01. The fraction of sp³-hybridized carbons (Fsp3) is 0.357. The second-order valence-corrected chi connectivity index (χ2v) is 5.90. The van der Waals surface area contributed by atoms with Crippen LogP contribution in [0.3, 0.4) is 0 Å². The zero-order valence-electron chi connectivity index (χ0n) is 11.4. The van der Waals surface area contributed by atoms with Crippen LogP contribution < -0.4 is 10.2 Å². The molecule has 2 rings (SSSR count). The monoisotopic (exact) mass is 295 g/mol. The van der Waals surface area contributed by atoms with Gasteiger partial charge in [-0.25, -0.2) is 4.98 Å². The highest BCUT2D eigenvalue weighted by molar-refractivity contribution is 7.09. The second kappa shape index (κ2) is 6.37. The largest absolute Gasteiger partial charge is 0.369 e. The van der Waals surface area contributed by atoms with Gasteiger partial charge in [0.05, 0.1) is 17.7 Å². The SMILES string of the molecule is CNCc1ccc(Cl)cc1N(C)Cc1scnc1C. The van der Waals surface area contributed by atoms with Crippen LogP contribution in [-0.4, -0.2) is 19.1 Å². The lowest BCUT2D eigenvalue weighted by molar-refractivity contribution is 0.806. The minimum absolute atomic E-state index is 0.766. The Morgan fingerprint density at radius 1 is 1.42 bits per heavy atom. The Hall–Kier alpha value is -1.10. The van der Waals surface area contributed by atoms with Crippen molar-refractivity contribution < 1.29 is 0 Å². The molecule has 3 nitrogen and oxygen atoms in total. The smallest absolute Gasteiger partial charge is 0.0798 e. The molecule has 102 valence electrons. The number of nitrogens with one attached hydrogen (secondary N) is 1. The molecule has 0 amide bonds. The molecule has 0 aliphatic rings. The predicted molar refractivity (Wildman–Crippen MR) is 83.2 cm³/mol. The van der Waals surface area contributed by atoms with Gasteiger partial charge in [-0.1, -0.05) is 17.7 Å². The van der Waals surface area contributed by atoms with Crippen molar-refractivity contribution in [2.45, 2.75) is 20.0 Å². The summed E-state index contributed by atoms with van der Waals surface area (Å²) in [7, 11) is 4.04. The molecule has 0 spiro atoms. The minimum Gasteiger partial charge on any atom is -0.369 e. The molecule has 0 aliphatic carbocycles. The number of rotatable bonds is 5. The van der Waals surface area contributed by atoms with Gasteiger partial charge in [-0.2, -0.15) is 0 Å². The third-order valence-corrected chi connectivity index (χ3v) is 4.21. The van der Waals surface area contributed by atoms with Crippen LogP contribution in [-0.2, 0) is 13.1 Å². The summed E-state index contributed by atoms with van der Waals surface area (Å²) in [5, 5.41) is 3.96. The van der Waals surface area contributed by atoms with Crippen LogP contribution in [0.25, 0.3) is 0 Å². The van der Waals surface area contributed by atoms with Gasteiger partial charge in [-0.15, -0.1) is 11.3 Å². The maximum atomic E-state index is 6.12. The molecule has 19 heavy (non-hydrogen) atoms. The molecule has 0 saturated heterocycles. The van der Waals surface area contributed by atoms with E-state index in [0.717, 1.165) is 29.5 Å². The number of anilines is 1. The van der Waals surface area contributed by atoms with Crippen molar-refractivity contribution in [1.29, 1.82) is 0 Å². The van der Waals surface area contributed by atoms with Crippen molar-refractivity contribution in [3.8, 4) is 0 Å². The fourth-order valence-electron chi connectivity index (χ4n) is 2.01. The highest BCUT2D eigenvalue weighted by Crippen LogP contribution is 2.26. The lowest BCUT2D eigenvalue weighted by Crippen LogP contribution is -2.19. The molecule has 0 atom stereocenters. The number of halogens is 1. The van der Waals surface area contributed by atoms with E-state index in [1.807, 2.05) is 31.6 Å². The number of aromatic nitrogens is 1. The van der Waals surface area contributed by atoms with Crippen LogP contribution in [0.4, 0.5) is 5.69 Å². The van der Waals surface area contributed by atoms with Gasteiger partial charge in [-0.3, -0.25) is 0 Å². The van der Waals surface area contributed by atoms with E-state index in [2.05, 4.69) is 28.3 Å². The van der Waals surface area contributed by atoms with E-state index < -0.39 is 0 Å². The average Bonchev–Trinajstić information content (AvgIpc) is 2.77. The maximum Gasteiger partial charge on any atom is 0.0798 e. The van der Waals surface area contributed by atoms with Crippen molar-refractivity contribution in [3.05, 3.63) is 44.9 Å². The molecule has 0 unspecified atom stereocenters. The summed E-state index contributed by atoms with van der Waals surface area (Å²) in [5.74, 6) is 0. The highest BCUT2D eigenvalue weighted by atomic mass is 35.5. The molecule has 0 fully saturated rings. The first kappa shape index (κ1) is 14.3. The summed E-state index contributed by atoms with van der Waals surface area (Å²) < 4.78 is 0.